The second-order valence-corrected chi connectivity index (χ2v) is 12.6. The van der Waals surface area contributed by atoms with E-state index in [1.807, 2.05) is 0 Å². The number of hydrogen-bond acceptors (Lipinski definition) is 1. The molecule has 1 heteroatoms. The summed E-state index contributed by atoms with van der Waals surface area (Å²) >= 11 is 0. The molecule has 0 saturated carbocycles. The zero-order chi connectivity index (χ0) is 31.9. The second-order valence-electron chi connectivity index (χ2n) is 12.6. The van der Waals surface area contributed by atoms with Crippen molar-refractivity contribution in [3.8, 4) is 33.4 Å². The third-order valence-corrected chi connectivity index (χ3v) is 9.93. The quantitative estimate of drug-likeness (QED) is 0.197. The molecule has 0 heterocycles. The standard InChI is InChI=1S/C47H33N/c1-4-14-33(15-5-1)40-23-12-16-35-17-13-24-41(46(35)40)34-26-28-38(29-27-34)48-39-30-31-43-42-22-10-11-25-44(42)47(45(43)32-39,36-18-6-2-7-19-36)37-20-8-3-9-21-37/h1-32,48H. The Labute approximate surface area is 281 Å². The first-order valence-electron chi connectivity index (χ1n) is 16.6. The Hall–Kier alpha value is -6.18. The van der Waals surface area contributed by atoms with E-state index in [0.29, 0.717) is 0 Å². The lowest BCUT2D eigenvalue weighted by molar-refractivity contribution is 0.769. The molecule has 0 fully saturated rings. The van der Waals surface area contributed by atoms with Crippen LogP contribution in [0.1, 0.15) is 22.3 Å². The number of rotatable bonds is 6. The fourth-order valence-electron chi connectivity index (χ4n) is 7.86. The Morgan fingerprint density at radius 3 is 1.48 bits per heavy atom. The van der Waals surface area contributed by atoms with Gasteiger partial charge in [0.2, 0.25) is 0 Å². The summed E-state index contributed by atoms with van der Waals surface area (Å²) in [5, 5.41) is 6.28. The summed E-state index contributed by atoms with van der Waals surface area (Å²) < 4.78 is 0. The van der Waals surface area contributed by atoms with Gasteiger partial charge in [0.1, 0.15) is 0 Å². The van der Waals surface area contributed by atoms with Gasteiger partial charge in [0.25, 0.3) is 0 Å². The van der Waals surface area contributed by atoms with Crippen molar-refractivity contribution >= 4 is 22.1 Å². The fourth-order valence-corrected chi connectivity index (χ4v) is 7.86. The lowest BCUT2D eigenvalue weighted by atomic mass is 9.67. The lowest BCUT2D eigenvalue weighted by Gasteiger charge is -2.34. The first-order valence-corrected chi connectivity index (χ1v) is 16.6. The van der Waals surface area contributed by atoms with Crippen LogP contribution in [-0.4, -0.2) is 0 Å². The topological polar surface area (TPSA) is 12.0 Å². The van der Waals surface area contributed by atoms with Crippen LogP contribution in [0.2, 0.25) is 0 Å². The van der Waals surface area contributed by atoms with Gasteiger partial charge in [0, 0.05) is 11.4 Å². The van der Waals surface area contributed by atoms with Crippen molar-refractivity contribution in [2.75, 3.05) is 5.32 Å². The maximum atomic E-state index is 3.75. The van der Waals surface area contributed by atoms with Crippen LogP contribution in [-0.2, 0) is 5.41 Å². The zero-order valence-electron chi connectivity index (χ0n) is 26.5. The third-order valence-electron chi connectivity index (χ3n) is 9.93. The summed E-state index contributed by atoms with van der Waals surface area (Å²) in [6.45, 7) is 0. The monoisotopic (exact) mass is 611 g/mol. The Morgan fingerprint density at radius 1 is 0.333 bits per heavy atom. The van der Waals surface area contributed by atoms with Crippen molar-refractivity contribution in [2.24, 2.45) is 0 Å². The molecule has 226 valence electrons. The highest BCUT2D eigenvalue weighted by molar-refractivity contribution is 6.06. The molecule has 0 aliphatic heterocycles. The van der Waals surface area contributed by atoms with Crippen LogP contribution >= 0.6 is 0 Å². The molecule has 0 aromatic heterocycles. The highest BCUT2D eigenvalue weighted by Gasteiger charge is 2.46. The molecule has 0 atom stereocenters. The summed E-state index contributed by atoms with van der Waals surface area (Å²) in [6, 6.07) is 70.4. The first kappa shape index (κ1) is 28.1. The maximum absolute atomic E-state index is 3.75. The molecule has 0 spiro atoms. The normalized spacial score (nSPS) is 12.8. The van der Waals surface area contributed by atoms with Crippen molar-refractivity contribution in [1.82, 2.24) is 0 Å². The summed E-state index contributed by atoms with van der Waals surface area (Å²) in [7, 11) is 0. The molecular formula is C47H33N. The van der Waals surface area contributed by atoms with Gasteiger partial charge in [-0.05, 0) is 90.7 Å². The molecule has 1 aliphatic rings. The van der Waals surface area contributed by atoms with Crippen molar-refractivity contribution in [1.29, 1.82) is 0 Å². The van der Waals surface area contributed by atoms with Gasteiger partial charge in [0.15, 0.2) is 0 Å². The molecule has 0 radical (unpaired) electrons. The molecule has 0 unspecified atom stereocenters. The van der Waals surface area contributed by atoms with E-state index in [1.54, 1.807) is 0 Å². The Kier molecular flexibility index (Phi) is 6.76. The van der Waals surface area contributed by atoms with Gasteiger partial charge in [0.05, 0.1) is 5.41 Å². The van der Waals surface area contributed by atoms with Crippen LogP contribution in [0, 0.1) is 0 Å². The van der Waals surface area contributed by atoms with Gasteiger partial charge in [-0.25, -0.2) is 0 Å². The minimum absolute atomic E-state index is 0.416. The van der Waals surface area contributed by atoms with E-state index in [-0.39, 0.29) is 0 Å². The molecule has 8 aromatic carbocycles. The van der Waals surface area contributed by atoms with Crippen molar-refractivity contribution in [3.05, 3.63) is 216 Å². The van der Waals surface area contributed by atoms with Gasteiger partial charge in [-0.15, -0.1) is 0 Å². The average Bonchev–Trinajstić information content (AvgIpc) is 3.46. The highest BCUT2D eigenvalue weighted by Crippen LogP contribution is 2.56. The lowest BCUT2D eigenvalue weighted by Crippen LogP contribution is -2.28. The Balaban J connectivity index is 1.12. The Morgan fingerprint density at radius 2 is 0.833 bits per heavy atom. The maximum Gasteiger partial charge on any atom is 0.0714 e. The molecule has 1 nitrogen and oxygen atoms in total. The second kappa shape index (κ2) is 11.6. The summed E-state index contributed by atoms with van der Waals surface area (Å²) in [5.41, 5.74) is 14.4. The third kappa shape index (κ3) is 4.47. The van der Waals surface area contributed by atoms with E-state index in [1.165, 1.54) is 66.4 Å². The first-order chi connectivity index (χ1) is 23.8. The molecule has 0 saturated heterocycles. The van der Waals surface area contributed by atoms with Gasteiger partial charge < -0.3 is 5.32 Å². The number of benzene rings is 8. The molecule has 48 heavy (non-hydrogen) atoms. The number of fused-ring (bicyclic) bond motifs is 4. The van der Waals surface area contributed by atoms with Crippen LogP contribution in [0.15, 0.2) is 194 Å². The number of anilines is 2. The van der Waals surface area contributed by atoms with E-state index >= 15 is 0 Å². The SMILES string of the molecule is c1ccc(-c2cccc3cccc(-c4ccc(Nc5ccc6c(c5)C(c5ccccc5)(c5ccccc5)c5ccccc5-6)cc4)c23)cc1. The van der Waals surface area contributed by atoms with E-state index in [4.69, 9.17) is 0 Å². The molecule has 0 amide bonds. The minimum atomic E-state index is -0.416. The summed E-state index contributed by atoms with van der Waals surface area (Å²) in [6.07, 6.45) is 0. The predicted octanol–water partition coefficient (Wildman–Crippen LogP) is 12.3. The summed E-state index contributed by atoms with van der Waals surface area (Å²) in [5.74, 6) is 0. The van der Waals surface area contributed by atoms with Crippen LogP contribution in [0.25, 0.3) is 44.2 Å². The van der Waals surface area contributed by atoms with Crippen LogP contribution in [0.5, 0.6) is 0 Å². The van der Waals surface area contributed by atoms with Gasteiger partial charge in [-0.3, -0.25) is 0 Å². The van der Waals surface area contributed by atoms with Gasteiger partial charge in [-0.1, -0.05) is 170 Å². The zero-order valence-corrected chi connectivity index (χ0v) is 26.5. The molecule has 1 N–H and O–H groups in total. The van der Waals surface area contributed by atoms with E-state index in [0.717, 1.165) is 11.4 Å². The number of nitrogens with one attached hydrogen (secondary N) is 1. The highest BCUT2D eigenvalue weighted by atomic mass is 14.9. The fraction of sp³-hybridized carbons (Fsp3) is 0.0213. The van der Waals surface area contributed by atoms with Crippen molar-refractivity contribution in [2.45, 2.75) is 5.41 Å². The Bertz CT molecular complexity index is 2350. The largest absolute Gasteiger partial charge is 0.356 e. The predicted molar refractivity (Wildman–Crippen MR) is 202 cm³/mol. The van der Waals surface area contributed by atoms with E-state index in [2.05, 4.69) is 199 Å². The van der Waals surface area contributed by atoms with Crippen LogP contribution in [0.4, 0.5) is 11.4 Å². The van der Waals surface area contributed by atoms with Crippen LogP contribution < -0.4 is 5.32 Å². The van der Waals surface area contributed by atoms with Crippen LogP contribution in [0.3, 0.4) is 0 Å². The van der Waals surface area contributed by atoms with Crippen molar-refractivity contribution < 1.29 is 0 Å². The molecule has 1 aliphatic carbocycles. The van der Waals surface area contributed by atoms with Gasteiger partial charge in [-0.2, -0.15) is 0 Å². The molecule has 9 rings (SSSR count). The number of hydrogen-bond donors (Lipinski definition) is 1. The van der Waals surface area contributed by atoms with Crippen molar-refractivity contribution in [3.63, 3.8) is 0 Å². The van der Waals surface area contributed by atoms with E-state index < -0.39 is 5.41 Å². The summed E-state index contributed by atoms with van der Waals surface area (Å²) in [4.78, 5) is 0. The van der Waals surface area contributed by atoms with Gasteiger partial charge >= 0.3 is 0 Å². The smallest absolute Gasteiger partial charge is 0.0714 e. The minimum Gasteiger partial charge on any atom is -0.356 e. The molecular weight excluding hydrogens is 579 g/mol. The average molecular weight is 612 g/mol. The van der Waals surface area contributed by atoms with E-state index in [9.17, 15) is 0 Å². The molecule has 8 aromatic rings. The molecule has 0 bridgehead atoms.